The molecule has 0 fully saturated rings. The van der Waals surface area contributed by atoms with Gasteiger partial charge in [0.25, 0.3) is 5.91 Å². The normalized spacial score (nSPS) is 12.9. The first-order valence-electron chi connectivity index (χ1n) is 13.1. The summed E-state index contributed by atoms with van der Waals surface area (Å²) in [6, 6.07) is 23.8. The van der Waals surface area contributed by atoms with Crippen LogP contribution in [0.25, 0.3) is 5.69 Å². The fraction of sp³-hybridized carbons (Fsp3) is 0.290. The highest BCUT2D eigenvalue weighted by atomic mass is 32.2. The van der Waals surface area contributed by atoms with E-state index in [1.807, 2.05) is 83.1 Å². The van der Waals surface area contributed by atoms with Crippen LogP contribution in [-0.4, -0.2) is 38.9 Å². The standard InChI is InChI=1S/C31H33N5O2S/c1-21-8-7-10-25(18-21)36-27(19-32-29(38)23-12-14-24(15-13-23)31(2,3)4)33-34-30(36)39-20-28(37)35-17-16-22-9-5-6-11-26(22)35/h5-15,18H,16-17,19-20H2,1-4H3,(H,32,38). The molecule has 8 heteroatoms. The molecule has 1 aromatic heterocycles. The number of rotatable bonds is 7. The van der Waals surface area contributed by atoms with Crippen LogP contribution in [0.4, 0.5) is 5.69 Å². The Labute approximate surface area is 233 Å². The fourth-order valence-electron chi connectivity index (χ4n) is 4.72. The maximum Gasteiger partial charge on any atom is 0.251 e. The van der Waals surface area contributed by atoms with Crippen molar-refractivity contribution in [2.75, 3.05) is 17.2 Å². The number of benzene rings is 3. The second-order valence-electron chi connectivity index (χ2n) is 10.8. The average molecular weight is 540 g/mol. The van der Waals surface area contributed by atoms with Crippen molar-refractivity contribution in [3.63, 3.8) is 0 Å². The van der Waals surface area contributed by atoms with Gasteiger partial charge in [0.15, 0.2) is 11.0 Å². The van der Waals surface area contributed by atoms with E-state index in [1.165, 1.54) is 22.9 Å². The van der Waals surface area contributed by atoms with Crippen LogP contribution in [0.2, 0.25) is 0 Å². The number of carbonyl (C=O) groups is 2. The molecule has 0 bridgehead atoms. The number of amides is 2. The minimum absolute atomic E-state index is 0.0207. The van der Waals surface area contributed by atoms with Crippen molar-refractivity contribution in [1.82, 2.24) is 20.1 Å². The number of thioether (sulfide) groups is 1. The van der Waals surface area contributed by atoms with Crippen LogP contribution < -0.4 is 10.2 Å². The Morgan fingerprint density at radius 3 is 2.49 bits per heavy atom. The number of hydrogen-bond acceptors (Lipinski definition) is 5. The number of nitrogens with one attached hydrogen (secondary N) is 1. The monoisotopic (exact) mass is 539 g/mol. The minimum Gasteiger partial charge on any atom is -0.345 e. The molecule has 0 radical (unpaired) electrons. The molecule has 2 amide bonds. The highest BCUT2D eigenvalue weighted by Crippen LogP contribution is 2.29. The maximum absolute atomic E-state index is 13.1. The zero-order valence-electron chi connectivity index (χ0n) is 22.8. The number of carbonyl (C=O) groups excluding carboxylic acids is 2. The number of para-hydroxylation sites is 1. The predicted octanol–water partition coefficient (Wildman–Crippen LogP) is 5.48. The van der Waals surface area contributed by atoms with Crippen molar-refractivity contribution in [3.05, 3.63) is 101 Å². The lowest BCUT2D eigenvalue weighted by molar-refractivity contribution is -0.116. The molecule has 1 N–H and O–H groups in total. The van der Waals surface area contributed by atoms with Gasteiger partial charge in [-0.2, -0.15) is 0 Å². The minimum atomic E-state index is -0.175. The Kier molecular flexibility index (Phi) is 7.57. The van der Waals surface area contributed by atoms with E-state index < -0.39 is 0 Å². The van der Waals surface area contributed by atoms with Crippen molar-refractivity contribution in [2.45, 2.75) is 51.2 Å². The third-order valence-electron chi connectivity index (χ3n) is 6.89. The number of nitrogens with zero attached hydrogens (tertiary/aromatic N) is 4. The number of aromatic nitrogens is 3. The van der Waals surface area contributed by atoms with Crippen LogP contribution in [0.5, 0.6) is 0 Å². The van der Waals surface area contributed by atoms with Gasteiger partial charge in [-0.25, -0.2) is 0 Å². The molecule has 0 saturated carbocycles. The summed E-state index contributed by atoms with van der Waals surface area (Å²) in [4.78, 5) is 27.9. The predicted molar refractivity (Wildman–Crippen MR) is 156 cm³/mol. The van der Waals surface area contributed by atoms with E-state index in [0.29, 0.717) is 23.1 Å². The molecule has 7 nitrogen and oxygen atoms in total. The summed E-state index contributed by atoms with van der Waals surface area (Å²) in [6.45, 7) is 9.36. The maximum atomic E-state index is 13.1. The number of aryl methyl sites for hydroxylation is 1. The van der Waals surface area contributed by atoms with E-state index in [1.54, 1.807) is 0 Å². The number of anilines is 1. The second-order valence-corrected chi connectivity index (χ2v) is 11.7. The Morgan fingerprint density at radius 2 is 1.74 bits per heavy atom. The number of fused-ring (bicyclic) bond motifs is 1. The third kappa shape index (κ3) is 5.91. The Bertz CT molecular complexity index is 1500. The molecule has 39 heavy (non-hydrogen) atoms. The summed E-state index contributed by atoms with van der Waals surface area (Å²) < 4.78 is 1.92. The summed E-state index contributed by atoms with van der Waals surface area (Å²) in [5.74, 6) is 0.704. The summed E-state index contributed by atoms with van der Waals surface area (Å²) in [7, 11) is 0. The highest BCUT2D eigenvalue weighted by molar-refractivity contribution is 7.99. The zero-order valence-corrected chi connectivity index (χ0v) is 23.6. The van der Waals surface area contributed by atoms with Gasteiger partial charge in [0.2, 0.25) is 5.91 Å². The van der Waals surface area contributed by atoms with E-state index in [2.05, 4.69) is 42.4 Å². The van der Waals surface area contributed by atoms with Crippen LogP contribution in [0.3, 0.4) is 0 Å². The summed E-state index contributed by atoms with van der Waals surface area (Å²) in [5, 5.41) is 12.4. The Morgan fingerprint density at radius 1 is 0.974 bits per heavy atom. The van der Waals surface area contributed by atoms with E-state index in [0.717, 1.165) is 23.4 Å². The van der Waals surface area contributed by atoms with Gasteiger partial charge >= 0.3 is 0 Å². The van der Waals surface area contributed by atoms with Crippen LogP contribution in [-0.2, 0) is 23.2 Å². The smallest absolute Gasteiger partial charge is 0.251 e. The van der Waals surface area contributed by atoms with Gasteiger partial charge in [-0.15, -0.1) is 10.2 Å². The van der Waals surface area contributed by atoms with Crippen molar-refractivity contribution in [1.29, 1.82) is 0 Å². The molecular formula is C31H33N5O2S. The molecular weight excluding hydrogens is 506 g/mol. The van der Waals surface area contributed by atoms with Crippen molar-refractivity contribution < 1.29 is 9.59 Å². The summed E-state index contributed by atoms with van der Waals surface area (Å²) >= 11 is 1.36. The van der Waals surface area contributed by atoms with Gasteiger partial charge in [-0.1, -0.05) is 75.0 Å². The Hall–Kier alpha value is -3.91. The summed E-state index contributed by atoms with van der Waals surface area (Å²) in [6.07, 6.45) is 0.870. The Balaban J connectivity index is 1.32. The fourth-order valence-corrected chi connectivity index (χ4v) is 5.57. The molecule has 5 rings (SSSR count). The molecule has 200 valence electrons. The molecule has 0 atom stereocenters. The largest absolute Gasteiger partial charge is 0.345 e. The number of hydrogen-bond donors (Lipinski definition) is 1. The highest BCUT2D eigenvalue weighted by Gasteiger charge is 2.25. The molecule has 1 aliphatic rings. The van der Waals surface area contributed by atoms with Gasteiger partial charge < -0.3 is 10.2 Å². The van der Waals surface area contributed by atoms with Crippen LogP contribution >= 0.6 is 11.8 Å². The van der Waals surface area contributed by atoms with Gasteiger partial charge in [0.05, 0.1) is 12.3 Å². The SMILES string of the molecule is Cc1cccc(-n2c(CNC(=O)c3ccc(C(C)(C)C)cc3)nnc2SCC(=O)N2CCc3ccccc32)c1. The van der Waals surface area contributed by atoms with E-state index in [4.69, 9.17) is 0 Å². The zero-order chi connectivity index (χ0) is 27.6. The van der Waals surface area contributed by atoms with E-state index in [9.17, 15) is 9.59 Å². The third-order valence-corrected chi connectivity index (χ3v) is 7.81. The molecule has 2 heterocycles. The van der Waals surface area contributed by atoms with Crippen LogP contribution in [0.15, 0.2) is 78.0 Å². The first-order valence-corrected chi connectivity index (χ1v) is 14.1. The van der Waals surface area contributed by atoms with Crippen molar-refractivity contribution >= 4 is 29.3 Å². The van der Waals surface area contributed by atoms with Gasteiger partial charge in [-0.3, -0.25) is 14.2 Å². The van der Waals surface area contributed by atoms with Gasteiger partial charge in [0, 0.05) is 23.5 Å². The van der Waals surface area contributed by atoms with Crippen molar-refractivity contribution in [3.8, 4) is 5.69 Å². The summed E-state index contributed by atoms with van der Waals surface area (Å²) in [5.41, 5.74) is 5.96. The molecule has 0 saturated heterocycles. The van der Waals surface area contributed by atoms with Gasteiger partial charge in [-0.05, 0) is 65.8 Å². The van der Waals surface area contributed by atoms with Crippen LogP contribution in [0.1, 0.15) is 53.6 Å². The quantitative estimate of drug-likeness (QED) is 0.315. The molecule has 4 aromatic rings. The molecule has 1 aliphatic heterocycles. The van der Waals surface area contributed by atoms with E-state index >= 15 is 0 Å². The first-order chi connectivity index (χ1) is 18.7. The molecule has 0 aliphatic carbocycles. The second kappa shape index (κ2) is 11.1. The lowest BCUT2D eigenvalue weighted by Gasteiger charge is -2.19. The lowest BCUT2D eigenvalue weighted by atomic mass is 9.87. The lowest BCUT2D eigenvalue weighted by Crippen LogP contribution is -2.30. The molecule has 0 unspecified atom stereocenters. The topological polar surface area (TPSA) is 80.1 Å². The molecule has 0 spiro atoms. The van der Waals surface area contributed by atoms with E-state index in [-0.39, 0.29) is 29.5 Å². The molecule has 3 aromatic carbocycles. The van der Waals surface area contributed by atoms with Gasteiger partial charge in [0.1, 0.15) is 0 Å². The van der Waals surface area contributed by atoms with Crippen LogP contribution in [0, 0.1) is 6.92 Å². The van der Waals surface area contributed by atoms with Crippen molar-refractivity contribution in [2.24, 2.45) is 0 Å². The first kappa shape index (κ1) is 26.7. The average Bonchev–Trinajstić information content (AvgIpc) is 3.54.